The van der Waals surface area contributed by atoms with Crippen LogP contribution in [-0.2, 0) is 6.42 Å². The van der Waals surface area contributed by atoms with Crippen LogP contribution in [0, 0.1) is 6.92 Å². The molecule has 0 amide bonds. The van der Waals surface area contributed by atoms with Gasteiger partial charge in [0, 0.05) is 17.4 Å². The number of benzene rings is 1. The van der Waals surface area contributed by atoms with Gasteiger partial charge in [-0.3, -0.25) is 4.79 Å². The maximum atomic E-state index is 12.4. The van der Waals surface area contributed by atoms with Crippen molar-refractivity contribution in [2.75, 3.05) is 6.61 Å². The minimum absolute atomic E-state index is 0.0718. The van der Waals surface area contributed by atoms with Crippen molar-refractivity contribution in [2.24, 2.45) is 0 Å². The van der Waals surface area contributed by atoms with Gasteiger partial charge in [-0.1, -0.05) is 12.1 Å². The predicted octanol–water partition coefficient (Wildman–Crippen LogP) is 3.22. The van der Waals surface area contributed by atoms with Crippen molar-refractivity contribution >= 4 is 17.1 Å². The summed E-state index contributed by atoms with van der Waals surface area (Å²) in [6.07, 6.45) is 0.902. The van der Waals surface area contributed by atoms with Gasteiger partial charge in [0.15, 0.2) is 5.78 Å². The van der Waals surface area contributed by atoms with Crippen molar-refractivity contribution in [3.63, 3.8) is 0 Å². The van der Waals surface area contributed by atoms with E-state index < -0.39 is 0 Å². The lowest BCUT2D eigenvalue weighted by Gasteiger charge is -2.06. The van der Waals surface area contributed by atoms with E-state index in [1.807, 2.05) is 35.9 Å². The second-order valence-electron chi connectivity index (χ2n) is 4.19. The summed E-state index contributed by atoms with van der Waals surface area (Å²) in [5, 5.41) is 3.91. The van der Waals surface area contributed by atoms with Gasteiger partial charge in [0.05, 0.1) is 12.2 Å². The predicted molar refractivity (Wildman–Crippen MR) is 68.1 cm³/mol. The summed E-state index contributed by atoms with van der Waals surface area (Å²) in [7, 11) is 0. The number of carbonyl (C=O) groups is 1. The Balaban J connectivity index is 2.09. The van der Waals surface area contributed by atoms with Gasteiger partial charge in [-0.2, -0.15) is 11.3 Å². The van der Waals surface area contributed by atoms with E-state index in [9.17, 15) is 4.79 Å². The topological polar surface area (TPSA) is 26.3 Å². The van der Waals surface area contributed by atoms with Crippen LogP contribution in [0.1, 0.15) is 27.0 Å². The molecule has 0 atom stereocenters. The molecule has 1 aromatic heterocycles. The monoisotopic (exact) mass is 244 g/mol. The zero-order chi connectivity index (χ0) is 11.8. The molecule has 0 unspecified atom stereocenters. The molecular weight excluding hydrogens is 232 g/mol. The quantitative estimate of drug-likeness (QED) is 0.758. The Morgan fingerprint density at radius 2 is 2.18 bits per heavy atom. The van der Waals surface area contributed by atoms with Gasteiger partial charge in [-0.15, -0.1) is 0 Å². The first-order valence-corrected chi connectivity index (χ1v) is 6.54. The maximum absolute atomic E-state index is 12.4. The summed E-state index contributed by atoms with van der Waals surface area (Å²) in [5.74, 6) is 0.852. The van der Waals surface area contributed by atoms with Crippen LogP contribution in [0.4, 0.5) is 0 Å². The van der Waals surface area contributed by atoms with E-state index in [1.165, 1.54) is 0 Å². The van der Waals surface area contributed by atoms with Gasteiger partial charge in [0.2, 0.25) is 0 Å². The molecule has 86 valence electrons. The summed E-state index contributed by atoms with van der Waals surface area (Å²) in [6, 6.07) is 5.81. The Bertz CT molecular complexity index is 584. The van der Waals surface area contributed by atoms with Crippen LogP contribution in [-0.4, -0.2) is 12.4 Å². The molecule has 17 heavy (non-hydrogen) atoms. The van der Waals surface area contributed by atoms with Crippen LogP contribution in [0.3, 0.4) is 0 Å². The van der Waals surface area contributed by atoms with Crippen LogP contribution in [0.5, 0.6) is 5.75 Å². The highest BCUT2D eigenvalue weighted by Crippen LogP contribution is 2.31. The number of hydrogen-bond donors (Lipinski definition) is 0. The standard InChI is InChI=1S/C14H12O2S/c1-9-7-17-8-12(9)13(15)11-4-2-3-10-5-6-16-14(10)11/h2-4,7-8H,5-6H2,1H3. The summed E-state index contributed by atoms with van der Waals surface area (Å²) in [4.78, 5) is 12.4. The molecule has 1 aliphatic heterocycles. The van der Waals surface area contributed by atoms with E-state index in [0.717, 1.165) is 28.9 Å². The first-order chi connectivity index (χ1) is 8.27. The van der Waals surface area contributed by atoms with E-state index in [-0.39, 0.29) is 5.78 Å². The van der Waals surface area contributed by atoms with Crippen LogP contribution < -0.4 is 4.74 Å². The lowest BCUT2D eigenvalue weighted by molar-refractivity contribution is 0.103. The molecule has 0 bridgehead atoms. The van der Waals surface area contributed by atoms with Crippen molar-refractivity contribution in [1.29, 1.82) is 0 Å². The first kappa shape index (κ1) is 10.5. The largest absolute Gasteiger partial charge is 0.492 e. The molecule has 0 saturated heterocycles. The lowest BCUT2D eigenvalue weighted by Crippen LogP contribution is -2.03. The zero-order valence-corrected chi connectivity index (χ0v) is 10.3. The van der Waals surface area contributed by atoms with E-state index in [0.29, 0.717) is 12.2 Å². The van der Waals surface area contributed by atoms with Crippen molar-refractivity contribution in [1.82, 2.24) is 0 Å². The first-order valence-electron chi connectivity index (χ1n) is 5.59. The Kier molecular flexibility index (Phi) is 2.48. The van der Waals surface area contributed by atoms with E-state index in [1.54, 1.807) is 11.3 Å². The average molecular weight is 244 g/mol. The second kappa shape index (κ2) is 4.00. The number of rotatable bonds is 2. The Morgan fingerprint density at radius 3 is 2.94 bits per heavy atom. The van der Waals surface area contributed by atoms with Crippen LogP contribution in [0.2, 0.25) is 0 Å². The highest BCUT2D eigenvalue weighted by atomic mass is 32.1. The molecule has 2 nitrogen and oxygen atoms in total. The minimum Gasteiger partial charge on any atom is -0.492 e. The number of ketones is 1. The Morgan fingerprint density at radius 1 is 1.29 bits per heavy atom. The van der Waals surface area contributed by atoms with Gasteiger partial charge in [0.25, 0.3) is 0 Å². The maximum Gasteiger partial charge on any atom is 0.197 e. The van der Waals surface area contributed by atoms with Gasteiger partial charge in [-0.05, 0) is 29.5 Å². The summed E-state index contributed by atoms with van der Waals surface area (Å²) < 4.78 is 5.57. The normalized spacial score (nSPS) is 13.2. The van der Waals surface area contributed by atoms with Crippen LogP contribution in [0.25, 0.3) is 0 Å². The Labute approximate surface area is 104 Å². The van der Waals surface area contributed by atoms with Crippen molar-refractivity contribution < 1.29 is 9.53 Å². The lowest BCUT2D eigenvalue weighted by atomic mass is 10.00. The smallest absolute Gasteiger partial charge is 0.197 e. The average Bonchev–Trinajstić information content (AvgIpc) is 2.95. The summed E-state index contributed by atoms with van der Waals surface area (Å²) in [5.41, 5.74) is 3.67. The van der Waals surface area contributed by atoms with Gasteiger partial charge in [0.1, 0.15) is 5.75 Å². The number of ether oxygens (including phenoxy) is 1. The van der Waals surface area contributed by atoms with Crippen LogP contribution >= 0.6 is 11.3 Å². The molecular formula is C14H12O2S. The third kappa shape index (κ3) is 1.67. The fourth-order valence-corrected chi connectivity index (χ4v) is 2.96. The third-order valence-electron chi connectivity index (χ3n) is 3.06. The molecule has 3 rings (SSSR count). The summed E-state index contributed by atoms with van der Waals surface area (Å²) >= 11 is 1.56. The van der Waals surface area contributed by atoms with E-state index >= 15 is 0 Å². The van der Waals surface area contributed by atoms with Gasteiger partial charge < -0.3 is 4.74 Å². The number of carbonyl (C=O) groups excluding carboxylic acids is 1. The van der Waals surface area contributed by atoms with E-state index in [4.69, 9.17) is 4.74 Å². The number of fused-ring (bicyclic) bond motifs is 1. The molecule has 0 aliphatic carbocycles. The van der Waals surface area contributed by atoms with Crippen molar-refractivity contribution in [3.05, 3.63) is 51.2 Å². The molecule has 1 aliphatic rings. The Hall–Kier alpha value is -1.61. The highest BCUT2D eigenvalue weighted by Gasteiger charge is 2.22. The molecule has 0 N–H and O–H groups in total. The van der Waals surface area contributed by atoms with Crippen LogP contribution in [0.15, 0.2) is 29.0 Å². The molecule has 3 heteroatoms. The van der Waals surface area contributed by atoms with Crippen molar-refractivity contribution in [2.45, 2.75) is 13.3 Å². The molecule has 1 aromatic carbocycles. The highest BCUT2D eigenvalue weighted by molar-refractivity contribution is 7.08. The summed E-state index contributed by atoms with van der Waals surface area (Å²) in [6.45, 7) is 2.65. The van der Waals surface area contributed by atoms with Gasteiger partial charge >= 0.3 is 0 Å². The number of para-hydroxylation sites is 1. The minimum atomic E-state index is 0.0718. The van der Waals surface area contributed by atoms with E-state index in [2.05, 4.69) is 0 Å². The molecule has 2 aromatic rings. The SMILES string of the molecule is Cc1cscc1C(=O)c1cccc2c1OCC2. The molecule has 0 spiro atoms. The fourth-order valence-electron chi connectivity index (χ4n) is 2.13. The second-order valence-corrected chi connectivity index (χ2v) is 4.93. The fraction of sp³-hybridized carbons (Fsp3) is 0.214. The number of hydrogen-bond acceptors (Lipinski definition) is 3. The molecule has 0 fully saturated rings. The number of aryl methyl sites for hydroxylation is 1. The molecule has 0 saturated carbocycles. The van der Waals surface area contributed by atoms with Gasteiger partial charge in [-0.25, -0.2) is 0 Å². The zero-order valence-electron chi connectivity index (χ0n) is 9.53. The van der Waals surface area contributed by atoms with Crippen molar-refractivity contribution in [3.8, 4) is 5.75 Å². The third-order valence-corrected chi connectivity index (χ3v) is 3.92. The number of thiophene rings is 1. The molecule has 0 radical (unpaired) electrons. The molecule has 2 heterocycles.